The summed E-state index contributed by atoms with van der Waals surface area (Å²) in [6.07, 6.45) is 2.44. The van der Waals surface area contributed by atoms with E-state index in [-0.39, 0.29) is 30.0 Å². The Morgan fingerprint density at radius 2 is 1.96 bits per heavy atom. The van der Waals surface area contributed by atoms with E-state index >= 15 is 0 Å². The van der Waals surface area contributed by atoms with Crippen molar-refractivity contribution in [3.8, 4) is 0 Å². The minimum absolute atomic E-state index is 0. The summed E-state index contributed by atoms with van der Waals surface area (Å²) in [7, 11) is 3.49. The fourth-order valence-corrected chi connectivity index (χ4v) is 2.68. The summed E-state index contributed by atoms with van der Waals surface area (Å²) in [6, 6.07) is 0.263. The van der Waals surface area contributed by atoms with E-state index in [0.29, 0.717) is 12.5 Å². The Balaban J connectivity index is 0.00000484. The predicted octanol–water partition coefficient (Wildman–Crippen LogP) is 1.55. The lowest BCUT2D eigenvalue weighted by Gasteiger charge is -2.31. The van der Waals surface area contributed by atoms with E-state index in [1.165, 1.54) is 12.8 Å². The highest BCUT2D eigenvalue weighted by molar-refractivity contribution is 14.0. The van der Waals surface area contributed by atoms with Crippen molar-refractivity contribution in [3.63, 3.8) is 0 Å². The van der Waals surface area contributed by atoms with Crippen LogP contribution in [0, 0.1) is 5.92 Å². The fourth-order valence-electron chi connectivity index (χ4n) is 2.68. The topological polar surface area (TPSA) is 58.1 Å². The number of hydrogen-bond acceptors (Lipinski definition) is 4. The molecule has 6 nitrogen and oxygen atoms in total. The Morgan fingerprint density at radius 1 is 1.26 bits per heavy atom. The second-order valence-corrected chi connectivity index (χ2v) is 6.00. The lowest BCUT2D eigenvalue weighted by atomic mass is 9.97. The molecule has 1 unspecified atom stereocenters. The van der Waals surface area contributed by atoms with Gasteiger partial charge >= 0.3 is 0 Å². The van der Waals surface area contributed by atoms with Crippen LogP contribution in [0.2, 0.25) is 0 Å². The summed E-state index contributed by atoms with van der Waals surface area (Å²) in [5.74, 6) is 1.58. The smallest absolute Gasteiger partial charge is 0.191 e. The molecule has 0 aromatic heterocycles. The van der Waals surface area contributed by atoms with Gasteiger partial charge in [0.05, 0.1) is 13.2 Å². The van der Waals surface area contributed by atoms with Crippen molar-refractivity contribution >= 4 is 29.9 Å². The van der Waals surface area contributed by atoms with E-state index in [2.05, 4.69) is 29.4 Å². The number of guanidine groups is 1. The summed E-state index contributed by atoms with van der Waals surface area (Å²) in [4.78, 5) is 7.22. The molecule has 23 heavy (non-hydrogen) atoms. The highest BCUT2D eigenvalue weighted by Crippen LogP contribution is 2.17. The largest absolute Gasteiger partial charge is 0.383 e. The first kappa shape index (κ1) is 22.9. The zero-order chi connectivity index (χ0) is 16.2. The molecule has 1 heterocycles. The van der Waals surface area contributed by atoms with E-state index < -0.39 is 0 Å². The SMILES string of the molecule is CCNC(=NCC1CCN(CCOC)CC1)NC(C)COC.I. The Morgan fingerprint density at radius 3 is 2.52 bits per heavy atom. The molecule has 0 saturated carbocycles. The van der Waals surface area contributed by atoms with Gasteiger partial charge in [-0.3, -0.25) is 4.99 Å². The molecule has 0 amide bonds. The van der Waals surface area contributed by atoms with Gasteiger partial charge < -0.3 is 25.0 Å². The molecule has 1 fully saturated rings. The Labute approximate surface area is 158 Å². The average Bonchev–Trinajstić information content (AvgIpc) is 2.52. The van der Waals surface area contributed by atoms with Crippen LogP contribution >= 0.6 is 24.0 Å². The summed E-state index contributed by atoms with van der Waals surface area (Å²) >= 11 is 0. The third-order valence-corrected chi connectivity index (χ3v) is 3.97. The second-order valence-electron chi connectivity index (χ2n) is 6.00. The van der Waals surface area contributed by atoms with Crippen LogP contribution < -0.4 is 10.6 Å². The van der Waals surface area contributed by atoms with Crippen LogP contribution in [0.25, 0.3) is 0 Å². The number of rotatable bonds is 9. The van der Waals surface area contributed by atoms with Gasteiger partial charge in [0.2, 0.25) is 0 Å². The Kier molecular flexibility index (Phi) is 14.2. The number of nitrogens with one attached hydrogen (secondary N) is 2. The van der Waals surface area contributed by atoms with Crippen molar-refractivity contribution in [1.82, 2.24) is 15.5 Å². The summed E-state index contributed by atoms with van der Waals surface area (Å²) in [5, 5.41) is 6.69. The van der Waals surface area contributed by atoms with E-state index in [9.17, 15) is 0 Å². The highest BCUT2D eigenvalue weighted by atomic mass is 127. The molecule has 1 atom stereocenters. The van der Waals surface area contributed by atoms with Gasteiger partial charge in [-0.25, -0.2) is 0 Å². The maximum atomic E-state index is 5.16. The van der Waals surface area contributed by atoms with Crippen LogP contribution in [-0.2, 0) is 9.47 Å². The van der Waals surface area contributed by atoms with Crippen LogP contribution in [0.5, 0.6) is 0 Å². The van der Waals surface area contributed by atoms with Gasteiger partial charge in [0, 0.05) is 39.9 Å². The molecular formula is C16H35IN4O2. The number of aliphatic imine (C=N–C) groups is 1. The molecule has 1 rings (SSSR count). The van der Waals surface area contributed by atoms with Gasteiger partial charge in [0.25, 0.3) is 0 Å². The summed E-state index contributed by atoms with van der Waals surface area (Å²) in [5.41, 5.74) is 0. The predicted molar refractivity (Wildman–Crippen MR) is 107 cm³/mol. The van der Waals surface area contributed by atoms with Crippen LogP contribution in [0.4, 0.5) is 0 Å². The number of hydrogen-bond donors (Lipinski definition) is 2. The average molecular weight is 442 g/mol. The normalized spacial score (nSPS) is 18.3. The number of halogens is 1. The third-order valence-electron chi connectivity index (χ3n) is 3.97. The van der Waals surface area contributed by atoms with Crippen molar-refractivity contribution in [2.24, 2.45) is 10.9 Å². The lowest BCUT2D eigenvalue weighted by molar-refractivity contribution is 0.121. The van der Waals surface area contributed by atoms with Crippen molar-refractivity contribution in [2.75, 3.05) is 60.2 Å². The standard InChI is InChI=1S/C16H34N4O2.HI/c1-5-17-16(19-14(2)13-22-4)18-12-15-6-8-20(9-7-15)10-11-21-3;/h14-15H,5-13H2,1-4H3,(H2,17,18,19);1H. The molecule has 0 spiro atoms. The third kappa shape index (κ3) is 10.4. The van der Waals surface area contributed by atoms with Gasteiger partial charge in [-0.05, 0) is 45.7 Å². The lowest BCUT2D eigenvalue weighted by Crippen LogP contribution is -2.44. The van der Waals surface area contributed by atoms with Gasteiger partial charge in [-0.1, -0.05) is 0 Å². The first-order valence-corrected chi connectivity index (χ1v) is 8.44. The number of likely N-dealkylation sites (tertiary alicyclic amines) is 1. The zero-order valence-corrected chi connectivity index (χ0v) is 17.5. The first-order chi connectivity index (χ1) is 10.7. The van der Waals surface area contributed by atoms with Crippen LogP contribution in [-0.4, -0.2) is 77.1 Å². The molecule has 2 N–H and O–H groups in total. The summed E-state index contributed by atoms with van der Waals surface area (Å²) < 4.78 is 10.3. The molecule has 0 aliphatic carbocycles. The molecule has 1 saturated heterocycles. The number of ether oxygens (including phenoxy) is 2. The number of nitrogens with zero attached hydrogens (tertiary/aromatic N) is 2. The highest BCUT2D eigenvalue weighted by Gasteiger charge is 2.18. The van der Waals surface area contributed by atoms with Crippen LogP contribution in [0.3, 0.4) is 0 Å². The van der Waals surface area contributed by atoms with Gasteiger partial charge in [0.15, 0.2) is 5.96 Å². The first-order valence-electron chi connectivity index (χ1n) is 8.44. The molecular weight excluding hydrogens is 407 g/mol. The number of methoxy groups -OCH3 is 2. The van der Waals surface area contributed by atoms with Gasteiger partial charge in [-0.2, -0.15) is 0 Å². The maximum Gasteiger partial charge on any atom is 0.191 e. The molecule has 0 aromatic carbocycles. The molecule has 0 radical (unpaired) electrons. The van der Waals surface area contributed by atoms with Crippen molar-refractivity contribution in [2.45, 2.75) is 32.7 Å². The maximum absolute atomic E-state index is 5.16. The monoisotopic (exact) mass is 442 g/mol. The Hall–Kier alpha value is -0.120. The molecule has 0 aromatic rings. The van der Waals surface area contributed by atoms with Crippen LogP contribution in [0.15, 0.2) is 4.99 Å². The quantitative estimate of drug-likeness (QED) is 0.323. The van der Waals surface area contributed by atoms with Gasteiger partial charge in [-0.15, -0.1) is 24.0 Å². The Bertz CT molecular complexity index is 310. The van der Waals surface area contributed by atoms with E-state index in [1.54, 1.807) is 14.2 Å². The number of piperidine rings is 1. The van der Waals surface area contributed by atoms with E-state index in [1.807, 2.05) is 0 Å². The molecule has 138 valence electrons. The molecule has 1 aliphatic rings. The van der Waals surface area contributed by atoms with E-state index in [0.717, 1.165) is 45.3 Å². The van der Waals surface area contributed by atoms with E-state index in [4.69, 9.17) is 14.5 Å². The summed E-state index contributed by atoms with van der Waals surface area (Å²) in [6.45, 7) is 10.8. The van der Waals surface area contributed by atoms with Crippen molar-refractivity contribution in [1.29, 1.82) is 0 Å². The minimum atomic E-state index is 0. The molecule has 7 heteroatoms. The second kappa shape index (κ2) is 14.2. The van der Waals surface area contributed by atoms with Crippen LogP contribution in [0.1, 0.15) is 26.7 Å². The van der Waals surface area contributed by atoms with Gasteiger partial charge in [0.1, 0.15) is 0 Å². The van der Waals surface area contributed by atoms with Crippen molar-refractivity contribution in [3.05, 3.63) is 0 Å². The molecule has 1 aliphatic heterocycles. The zero-order valence-electron chi connectivity index (χ0n) is 15.1. The molecule has 0 bridgehead atoms. The fraction of sp³-hybridized carbons (Fsp3) is 0.938. The van der Waals surface area contributed by atoms with Crippen molar-refractivity contribution < 1.29 is 9.47 Å². The minimum Gasteiger partial charge on any atom is -0.383 e.